The maximum Gasteiger partial charge on any atom is 0.317 e. The lowest BCUT2D eigenvalue weighted by Crippen LogP contribution is -2.23. The van der Waals surface area contributed by atoms with Crippen molar-refractivity contribution in [2.75, 3.05) is 25.5 Å². The Bertz CT molecular complexity index is 287. The van der Waals surface area contributed by atoms with Gasteiger partial charge in [-0.25, -0.2) is 0 Å². The fraction of sp³-hybridized carbons (Fsp3) is 0.800. The Labute approximate surface area is 90.9 Å². The molecule has 1 N–H and O–H groups in total. The summed E-state index contributed by atoms with van der Waals surface area (Å²) in [5, 5.41) is 10.9. The van der Waals surface area contributed by atoms with E-state index < -0.39 is 0 Å². The van der Waals surface area contributed by atoms with Crippen LogP contribution in [0.15, 0.2) is 4.42 Å². The fourth-order valence-electron chi connectivity index (χ4n) is 1.30. The molecule has 0 aromatic carbocycles. The van der Waals surface area contributed by atoms with Crippen LogP contribution in [0.3, 0.4) is 0 Å². The van der Waals surface area contributed by atoms with Gasteiger partial charge in [-0.1, -0.05) is 25.4 Å². The van der Waals surface area contributed by atoms with Gasteiger partial charge in [-0.3, -0.25) is 0 Å². The zero-order valence-corrected chi connectivity index (χ0v) is 9.95. The van der Waals surface area contributed by atoms with Gasteiger partial charge in [0.1, 0.15) is 0 Å². The third-order valence-electron chi connectivity index (χ3n) is 2.39. The molecule has 15 heavy (non-hydrogen) atoms. The van der Waals surface area contributed by atoms with Crippen LogP contribution in [0.25, 0.3) is 0 Å². The molecule has 1 aromatic rings. The van der Waals surface area contributed by atoms with E-state index in [9.17, 15) is 0 Å². The predicted octanol–water partition coefficient (Wildman–Crippen LogP) is 1.27. The summed E-state index contributed by atoms with van der Waals surface area (Å²) in [4.78, 5) is 2.00. The lowest BCUT2D eigenvalue weighted by atomic mass is 10.1. The van der Waals surface area contributed by atoms with E-state index in [1.54, 1.807) is 0 Å². The Kier molecular flexibility index (Phi) is 4.55. The average Bonchev–Trinajstić information content (AvgIpc) is 2.67. The van der Waals surface area contributed by atoms with Crippen LogP contribution in [0.5, 0.6) is 0 Å². The van der Waals surface area contributed by atoms with Gasteiger partial charge >= 0.3 is 6.01 Å². The minimum atomic E-state index is 0.598. The van der Waals surface area contributed by atoms with Gasteiger partial charge < -0.3 is 14.6 Å². The summed E-state index contributed by atoms with van der Waals surface area (Å²) in [5.41, 5.74) is 0. The van der Waals surface area contributed by atoms with Gasteiger partial charge in [0.25, 0.3) is 0 Å². The molecule has 1 unspecified atom stereocenters. The standard InChI is InChI=1S/C10H20N4O/c1-5-8(2)7-14(4)10-13-12-9(15-10)6-11-3/h8,11H,5-7H2,1-4H3. The van der Waals surface area contributed by atoms with Crippen LogP contribution < -0.4 is 10.2 Å². The SMILES string of the molecule is CCC(C)CN(C)c1nnc(CNC)o1. The minimum absolute atomic E-state index is 0.598. The first-order chi connectivity index (χ1) is 7.17. The van der Waals surface area contributed by atoms with Crippen LogP contribution in [0.1, 0.15) is 26.2 Å². The molecule has 5 nitrogen and oxygen atoms in total. The quantitative estimate of drug-likeness (QED) is 0.769. The van der Waals surface area contributed by atoms with E-state index >= 15 is 0 Å². The second-order valence-electron chi connectivity index (χ2n) is 3.90. The maximum absolute atomic E-state index is 5.47. The molecular formula is C10H20N4O. The van der Waals surface area contributed by atoms with Gasteiger partial charge in [-0.15, -0.1) is 5.10 Å². The lowest BCUT2D eigenvalue weighted by molar-refractivity contribution is 0.461. The zero-order chi connectivity index (χ0) is 11.3. The first-order valence-electron chi connectivity index (χ1n) is 5.35. The zero-order valence-electron chi connectivity index (χ0n) is 9.95. The summed E-state index contributed by atoms with van der Waals surface area (Å²) in [6.07, 6.45) is 1.15. The third-order valence-corrected chi connectivity index (χ3v) is 2.39. The summed E-state index contributed by atoms with van der Waals surface area (Å²) in [6, 6.07) is 0.598. The molecule has 0 spiro atoms. The Morgan fingerprint density at radius 3 is 2.80 bits per heavy atom. The molecule has 0 aliphatic heterocycles. The number of hydrogen-bond donors (Lipinski definition) is 1. The molecule has 0 aliphatic carbocycles. The largest absolute Gasteiger partial charge is 0.407 e. The van der Waals surface area contributed by atoms with Gasteiger partial charge in [0.15, 0.2) is 0 Å². The van der Waals surface area contributed by atoms with Gasteiger partial charge in [-0.2, -0.15) is 0 Å². The van der Waals surface area contributed by atoms with E-state index in [0.717, 1.165) is 13.0 Å². The van der Waals surface area contributed by atoms with Crippen molar-refractivity contribution in [3.8, 4) is 0 Å². The molecule has 1 atom stereocenters. The third kappa shape index (κ3) is 3.51. The monoisotopic (exact) mass is 212 g/mol. The van der Waals surface area contributed by atoms with Crippen LogP contribution >= 0.6 is 0 Å². The molecule has 5 heteroatoms. The van der Waals surface area contributed by atoms with Gasteiger partial charge in [0.2, 0.25) is 5.89 Å². The highest BCUT2D eigenvalue weighted by atomic mass is 16.4. The van der Waals surface area contributed by atoms with Crippen molar-refractivity contribution in [1.82, 2.24) is 15.5 Å². The molecule has 0 fully saturated rings. The molecule has 0 bridgehead atoms. The van der Waals surface area contributed by atoms with Crippen molar-refractivity contribution in [1.29, 1.82) is 0 Å². The van der Waals surface area contributed by atoms with Crippen molar-refractivity contribution in [2.45, 2.75) is 26.8 Å². The number of rotatable bonds is 6. The predicted molar refractivity (Wildman–Crippen MR) is 59.8 cm³/mol. The number of nitrogens with zero attached hydrogens (tertiary/aromatic N) is 3. The van der Waals surface area contributed by atoms with E-state index in [4.69, 9.17) is 4.42 Å². The van der Waals surface area contributed by atoms with Crippen LogP contribution in [-0.2, 0) is 6.54 Å². The summed E-state index contributed by atoms with van der Waals surface area (Å²) in [6.45, 7) is 5.95. The number of nitrogens with one attached hydrogen (secondary N) is 1. The smallest absolute Gasteiger partial charge is 0.317 e. The molecule has 0 saturated carbocycles. The summed E-state index contributed by atoms with van der Waals surface area (Å²) >= 11 is 0. The van der Waals surface area contributed by atoms with E-state index in [0.29, 0.717) is 24.4 Å². The van der Waals surface area contributed by atoms with E-state index in [1.807, 2.05) is 19.0 Å². The van der Waals surface area contributed by atoms with Crippen molar-refractivity contribution in [2.24, 2.45) is 5.92 Å². The minimum Gasteiger partial charge on any atom is -0.407 e. The first kappa shape index (κ1) is 12.0. The fourth-order valence-corrected chi connectivity index (χ4v) is 1.30. The molecule has 0 aliphatic rings. The Morgan fingerprint density at radius 1 is 1.47 bits per heavy atom. The van der Waals surface area contributed by atoms with Crippen molar-refractivity contribution >= 4 is 6.01 Å². The highest BCUT2D eigenvalue weighted by Crippen LogP contribution is 2.13. The van der Waals surface area contributed by atoms with Crippen LogP contribution in [0, 0.1) is 5.92 Å². The van der Waals surface area contributed by atoms with Crippen molar-refractivity contribution in [3.05, 3.63) is 5.89 Å². The summed E-state index contributed by atoms with van der Waals surface area (Å²) in [5.74, 6) is 1.26. The number of aromatic nitrogens is 2. The van der Waals surface area contributed by atoms with E-state index in [-0.39, 0.29) is 0 Å². The second kappa shape index (κ2) is 5.70. The Morgan fingerprint density at radius 2 is 2.20 bits per heavy atom. The average molecular weight is 212 g/mol. The molecule has 86 valence electrons. The van der Waals surface area contributed by atoms with Gasteiger partial charge in [0.05, 0.1) is 6.54 Å². The number of hydrogen-bond acceptors (Lipinski definition) is 5. The lowest BCUT2D eigenvalue weighted by Gasteiger charge is -2.17. The van der Waals surface area contributed by atoms with Crippen LogP contribution in [0.4, 0.5) is 6.01 Å². The van der Waals surface area contributed by atoms with Crippen molar-refractivity contribution < 1.29 is 4.42 Å². The molecule has 1 aromatic heterocycles. The number of anilines is 1. The highest BCUT2D eigenvalue weighted by Gasteiger charge is 2.12. The summed E-state index contributed by atoms with van der Waals surface area (Å²) in [7, 11) is 3.83. The second-order valence-corrected chi connectivity index (χ2v) is 3.90. The van der Waals surface area contributed by atoms with Crippen LogP contribution in [0.2, 0.25) is 0 Å². The Hall–Kier alpha value is -1.10. The molecular weight excluding hydrogens is 192 g/mol. The summed E-state index contributed by atoms with van der Waals surface area (Å²) < 4.78 is 5.47. The van der Waals surface area contributed by atoms with Crippen LogP contribution in [-0.4, -0.2) is 30.8 Å². The molecule has 0 amide bonds. The van der Waals surface area contributed by atoms with Gasteiger partial charge in [-0.05, 0) is 13.0 Å². The normalized spacial score (nSPS) is 12.8. The topological polar surface area (TPSA) is 54.2 Å². The van der Waals surface area contributed by atoms with Gasteiger partial charge in [0, 0.05) is 13.6 Å². The van der Waals surface area contributed by atoms with E-state index in [1.165, 1.54) is 0 Å². The molecule has 1 rings (SSSR count). The van der Waals surface area contributed by atoms with Crippen molar-refractivity contribution in [3.63, 3.8) is 0 Å². The molecule has 0 radical (unpaired) electrons. The van der Waals surface area contributed by atoms with E-state index in [2.05, 4.69) is 29.4 Å². The first-order valence-corrected chi connectivity index (χ1v) is 5.35. The maximum atomic E-state index is 5.47. The molecule has 1 heterocycles. The Balaban J connectivity index is 2.53. The highest BCUT2D eigenvalue weighted by molar-refractivity contribution is 5.21. The molecule has 0 saturated heterocycles.